The average Bonchev–Trinajstić information content (AvgIpc) is 3.26. The zero-order chi connectivity index (χ0) is 17.2. The minimum absolute atomic E-state index is 0.0844. The molecule has 3 aromatic rings. The molecule has 1 aliphatic rings. The number of fused-ring (bicyclic) bond motifs is 1. The molecule has 4 rings (SSSR count). The normalized spacial score (nSPS) is 17.5. The number of aliphatic hydroxyl groups excluding tert-OH is 1. The van der Waals surface area contributed by atoms with Crippen LogP contribution in [0.2, 0.25) is 0 Å². The van der Waals surface area contributed by atoms with Crippen molar-refractivity contribution >= 4 is 17.0 Å². The molecule has 0 radical (unpaired) electrons. The Morgan fingerprint density at radius 1 is 1.12 bits per heavy atom. The zero-order valence-electron chi connectivity index (χ0n) is 14.5. The van der Waals surface area contributed by atoms with Crippen LogP contribution in [0.25, 0.3) is 11.2 Å². The Hall–Kier alpha value is -2.47. The first-order chi connectivity index (χ1) is 12.3. The quantitative estimate of drug-likeness (QED) is 0.775. The van der Waals surface area contributed by atoms with Gasteiger partial charge < -0.3 is 14.6 Å². The SMILES string of the molecule is C[C@H]1CCCN1c1ncnc2c1ncn2CCc1ccc(CO)cc1. The summed E-state index contributed by atoms with van der Waals surface area (Å²) in [5.74, 6) is 0.959. The number of aryl methyl sites for hydroxylation is 2. The van der Waals surface area contributed by atoms with Crippen LogP contribution in [0.15, 0.2) is 36.9 Å². The smallest absolute Gasteiger partial charge is 0.165 e. The lowest BCUT2D eigenvalue weighted by Gasteiger charge is -2.22. The average molecular weight is 337 g/mol. The molecule has 3 heterocycles. The lowest BCUT2D eigenvalue weighted by molar-refractivity contribution is 0.282. The first-order valence-corrected chi connectivity index (χ1v) is 8.87. The second kappa shape index (κ2) is 6.80. The largest absolute Gasteiger partial charge is 0.392 e. The van der Waals surface area contributed by atoms with E-state index in [0.717, 1.165) is 42.1 Å². The van der Waals surface area contributed by atoms with Crippen LogP contribution < -0.4 is 4.90 Å². The predicted molar refractivity (Wildman–Crippen MR) is 97.4 cm³/mol. The van der Waals surface area contributed by atoms with Crippen molar-refractivity contribution in [2.75, 3.05) is 11.4 Å². The van der Waals surface area contributed by atoms with Gasteiger partial charge in [-0.25, -0.2) is 15.0 Å². The fraction of sp³-hybridized carbons (Fsp3) is 0.421. The Morgan fingerprint density at radius 2 is 1.92 bits per heavy atom. The summed E-state index contributed by atoms with van der Waals surface area (Å²) in [5.41, 5.74) is 3.97. The summed E-state index contributed by atoms with van der Waals surface area (Å²) in [6.45, 7) is 4.19. The number of rotatable bonds is 5. The van der Waals surface area contributed by atoms with Crippen molar-refractivity contribution in [3.8, 4) is 0 Å². The molecule has 1 fully saturated rings. The van der Waals surface area contributed by atoms with Crippen LogP contribution in [0, 0.1) is 0 Å². The molecule has 6 heteroatoms. The van der Waals surface area contributed by atoms with E-state index in [1.54, 1.807) is 6.33 Å². The van der Waals surface area contributed by atoms with E-state index in [0.29, 0.717) is 6.04 Å². The van der Waals surface area contributed by atoms with E-state index >= 15 is 0 Å². The van der Waals surface area contributed by atoms with Crippen LogP contribution in [0.4, 0.5) is 5.82 Å². The molecule has 2 aromatic heterocycles. The molecule has 130 valence electrons. The fourth-order valence-electron chi connectivity index (χ4n) is 3.55. The van der Waals surface area contributed by atoms with E-state index in [1.165, 1.54) is 18.4 Å². The number of hydrogen-bond acceptors (Lipinski definition) is 5. The van der Waals surface area contributed by atoms with Crippen LogP contribution in [-0.4, -0.2) is 37.2 Å². The van der Waals surface area contributed by atoms with Gasteiger partial charge in [-0.1, -0.05) is 24.3 Å². The number of hydrogen-bond donors (Lipinski definition) is 1. The molecule has 0 bridgehead atoms. The van der Waals surface area contributed by atoms with Gasteiger partial charge in [0.2, 0.25) is 0 Å². The highest BCUT2D eigenvalue weighted by atomic mass is 16.3. The Balaban J connectivity index is 1.56. The fourth-order valence-corrected chi connectivity index (χ4v) is 3.55. The van der Waals surface area contributed by atoms with E-state index in [4.69, 9.17) is 5.11 Å². The van der Waals surface area contributed by atoms with Gasteiger partial charge >= 0.3 is 0 Å². The summed E-state index contributed by atoms with van der Waals surface area (Å²) < 4.78 is 2.10. The molecule has 0 unspecified atom stereocenters. The molecular formula is C19H23N5O. The third-order valence-corrected chi connectivity index (χ3v) is 5.05. The van der Waals surface area contributed by atoms with Gasteiger partial charge in [-0.15, -0.1) is 0 Å². The summed E-state index contributed by atoms with van der Waals surface area (Å²) in [5, 5.41) is 9.13. The zero-order valence-corrected chi connectivity index (χ0v) is 14.5. The maximum Gasteiger partial charge on any atom is 0.165 e. The van der Waals surface area contributed by atoms with Gasteiger partial charge in [-0.05, 0) is 37.3 Å². The topological polar surface area (TPSA) is 67.1 Å². The van der Waals surface area contributed by atoms with Gasteiger partial charge in [0.25, 0.3) is 0 Å². The van der Waals surface area contributed by atoms with Crippen molar-refractivity contribution in [3.63, 3.8) is 0 Å². The van der Waals surface area contributed by atoms with E-state index in [2.05, 4.69) is 43.5 Å². The Labute approximate surface area is 147 Å². The number of anilines is 1. The molecule has 1 N–H and O–H groups in total. The number of benzene rings is 1. The Bertz CT molecular complexity index is 858. The van der Waals surface area contributed by atoms with E-state index in [1.807, 2.05) is 18.5 Å². The van der Waals surface area contributed by atoms with Gasteiger partial charge in [0.05, 0.1) is 12.9 Å². The highest BCUT2D eigenvalue weighted by Gasteiger charge is 2.24. The maximum absolute atomic E-state index is 9.13. The van der Waals surface area contributed by atoms with Crippen molar-refractivity contribution in [2.45, 2.75) is 45.4 Å². The minimum atomic E-state index is 0.0844. The standard InChI is InChI=1S/C19H23N5O/c1-14-3-2-9-24(14)19-17-18(20-12-21-19)23(13-22-17)10-8-15-4-6-16(11-25)7-5-15/h4-7,12-14,25H,2-3,8-11H2,1H3/t14-/m0/s1. The molecule has 1 saturated heterocycles. The third-order valence-electron chi connectivity index (χ3n) is 5.05. The van der Waals surface area contributed by atoms with Crippen molar-refractivity contribution in [3.05, 3.63) is 48.0 Å². The van der Waals surface area contributed by atoms with Crippen LogP contribution in [0.1, 0.15) is 30.9 Å². The second-order valence-electron chi connectivity index (χ2n) is 6.72. The van der Waals surface area contributed by atoms with Crippen molar-refractivity contribution in [1.29, 1.82) is 0 Å². The van der Waals surface area contributed by atoms with Crippen LogP contribution in [0.3, 0.4) is 0 Å². The molecule has 25 heavy (non-hydrogen) atoms. The molecule has 6 nitrogen and oxygen atoms in total. The maximum atomic E-state index is 9.13. The van der Waals surface area contributed by atoms with Gasteiger partial charge in [-0.3, -0.25) is 0 Å². The Kier molecular flexibility index (Phi) is 4.36. The third kappa shape index (κ3) is 3.09. The van der Waals surface area contributed by atoms with Crippen molar-refractivity contribution in [1.82, 2.24) is 19.5 Å². The lowest BCUT2D eigenvalue weighted by Crippen LogP contribution is -2.27. The number of imidazole rings is 1. The summed E-state index contributed by atoms with van der Waals surface area (Å²) in [4.78, 5) is 15.9. The van der Waals surface area contributed by atoms with Crippen LogP contribution in [0.5, 0.6) is 0 Å². The molecular weight excluding hydrogens is 314 g/mol. The molecule has 1 aromatic carbocycles. The summed E-state index contributed by atoms with van der Waals surface area (Å²) >= 11 is 0. The molecule has 1 atom stereocenters. The minimum Gasteiger partial charge on any atom is -0.392 e. The summed E-state index contributed by atoms with van der Waals surface area (Å²) in [6, 6.07) is 8.58. The molecule has 0 aliphatic carbocycles. The van der Waals surface area contributed by atoms with Crippen LogP contribution in [-0.2, 0) is 19.6 Å². The highest BCUT2D eigenvalue weighted by Crippen LogP contribution is 2.28. The van der Waals surface area contributed by atoms with E-state index < -0.39 is 0 Å². The summed E-state index contributed by atoms with van der Waals surface area (Å²) in [6.07, 6.45) is 6.83. The van der Waals surface area contributed by atoms with Gasteiger partial charge in [-0.2, -0.15) is 0 Å². The number of nitrogens with zero attached hydrogens (tertiary/aromatic N) is 5. The lowest BCUT2D eigenvalue weighted by atomic mass is 10.1. The van der Waals surface area contributed by atoms with Crippen molar-refractivity contribution in [2.24, 2.45) is 0 Å². The van der Waals surface area contributed by atoms with Gasteiger partial charge in [0, 0.05) is 19.1 Å². The number of aromatic nitrogens is 4. The van der Waals surface area contributed by atoms with Crippen LogP contribution >= 0.6 is 0 Å². The summed E-state index contributed by atoms with van der Waals surface area (Å²) in [7, 11) is 0. The molecule has 1 aliphatic heterocycles. The van der Waals surface area contributed by atoms with E-state index in [9.17, 15) is 0 Å². The number of aliphatic hydroxyl groups is 1. The van der Waals surface area contributed by atoms with Gasteiger partial charge in [0.15, 0.2) is 17.0 Å². The van der Waals surface area contributed by atoms with Gasteiger partial charge in [0.1, 0.15) is 6.33 Å². The molecule has 0 amide bonds. The second-order valence-corrected chi connectivity index (χ2v) is 6.72. The monoisotopic (exact) mass is 337 g/mol. The predicted octanol–water partition coefficient (Wildman–Crippen LogP) is 2.55. The molecule has 0 spiro atoms. The molecule has 0 saturated carbocycles. The first kappa shape index (κ1) is 16.0. The Morgan fingerprint density at radius 3 is 2.64 bits per heavy atom. The highest BCUT2D eigenvalue weighted by molar-refractivity contribution is 5.83. The first-order valence-electron chi connectivity index (χ1n) is 8.87. The van der Waals surface area contributed by atoms with E-state index in [-0.39, 0.29) is 6.61 Å². The van der Waals surface area contributed by atoms with Crippen molar-refractivity contribution < 1.29 is 5.11 Å².